The second kappa shape index (κ2) is 6.89. The van der Waals surface area contributed by atoms with Crippen LogP contribution in [0.3, 0.4) is 0 Å². The standard InChI is InChI=1S/C16H19N3O2S/c1-12-2-3-14(22-12)11-18-16(20)15-10-13(4-5-17-15)19-6-8-21-9-7-19/h2-5,10H,6-9,11H2,1H3,(H,18,20). The number of hydrogen-bond acceptors (Lipinski definition) is 5. The van der Waals surface area contributed by atoms with Gasteiger partial charge in [-0.25, -0.2) is 0 Å². The first kappa shape index (κ1) is 15.0. The van der Waals surface area contributed by atoms with Gasteiger partial charge in [0.05, 0.1) is 19.8 Å². The van der Waals surface area contributed by atoms with Gasteiger partial charge in [0.2, 0.25) is 0 Å². The molecule has 5 nitrogen and oxygen atoms in total. The fourth-order valence-corrected chi connectivity index (χ4v) is 3.23. The number of carbonyl (C=O) groups is 1. The van der Waals surface area contributed by atoms with E-state index >= 15 is 0 Å². The first-order chi connectivity index (χ1) is 10.7. The Bertz CT molecular complexity index is 650. The third-order valence-corrected chi connectivity index (χ3v) is 4.57. The van der Waals surface area contributed by atoms with Gasteiger partial charge in [0.15, 0.2) is 0 Å². The number of nitrogens with zero attached hydrogens (tertiary/aromatic N) is 2. The maximum atomic E-state index is 12.2. The second-order valence-electron chi connectivity index (χ2n) is 5.19. The van der Waals surface area contributed by atoms with E-state index in [-0.39, 0.29) is 5.91 Å². The molecule has 0 aromatic carbocycles. The quantitative estimate of drug-likeness (QED) is 0.939. The molecule has 1 N–H and O–H groups in total. The summed E-state index contributed by atoms with van der Waals surface area (Å²) in [6.07, 6.45) is 1.69. The molecule has 1 saturated heterocycles. The number of amides is 1. The topological polar surface area (TPSA) is 54.5 Å². The minimum Gasteiger partial charge on any atom is -0.378 e. The van der Waals surface area contributed by atoms with Crippen LogP contribution in [-0.2, 0) is 11.3 Å². The predicted octanol–water partition coefficient (Wildman–Crippen LogP) is 2.22. The highest BCUT2D eigenvalue weighted by Crippen LogP contribution is 2.17. The summed E-state index contributed by atoms with van der Waals surface area (Å²) >= 11 is 1.69. The van der Waals surface area contributed by atoms with Crippen LogP contribution < -0.4 is 10.2 Å². The van der Waals surface area contributed by atoms with E-state index in [1.165, 1.54) is 4.88 Å². The maximum absolute atomic E-state index is 12.2. The molecule has 22 heavy (non-hydrogen) atoms. The number of rotatable bonds is 4. The molecular weight excluding hydrogens is 298 g/mol. The SMILES string of the molecule is Cc1ccc(CNC(=O)c2cc(N3CCOCC3)ccn2)s1. The number of thiophene rings is 1. The van der Waals surface area contributed by atoms with Gasteiger partial charge in [-0.3, -0.25) is 9.78 Å². The van der Waals surface area contributed by atoms with Crippen LogP contribution in [0.5, 0.6) is 0 Å². The van der Waals surface area contributed by atoms with Crippen molar-refractivity contribution < 1.29 is 9.53 Å². The van der Waals surface area contributed by atoms with Crippen molar-refractivity contribution in [3.05, 3.63) is 45.9 Å². The number of carbonyl (C=O) groups excluding carboxylic acids is 1. The third kappa shape index (κ3) is 3.64. The summed E-state index contributed by atoms with van der Waals surface area (Å²) < 4.78 is 5.35. The molecular formula is C16H19N3O2S. The van der Waals surface area contributed by atoms with Gasteiger partial charge in [-0.05, 0) is 31.2 Å². The Morgan fingerprint density at radius 2 is 2.18 bits per heavy atom. The van der Waals surface area contributed by atoms with Gasteiger partial charge in [0.1, 0.15) is 5.69 Å². The summed E-state index contributed by atoms with van der Waals surface area (Å²) in [5, 5.41) is 2.92. The van der Waals surface area contributed by atoms with Gasteiger partial charge in [-0.2, -0.15) is 0 Å². The number of morpholine rings is 1. The molecule has 2 aromatic heterocycles. The molecule has 1 aliphatic rings. The van der Waals surface area contributed by atoms with Crippen molar-refractivity contribution >= 4 is 22.9 Å². The zero-order valence-corrected chi connectivity index (χ0v) is 13.4. The Balaban J connectivity index is 1.64. The van der Waals surface area contributed by atoms with Crippen LogP contribution in [0, 0.1) is 6.92 Å². The van der Waals surface area contributed by atoms with E-state index in [0.717, 1.165) is 36.9 Å². The monoisotopic (exact) mass is 317 g/mol. The number of pyridine rings is 1. The van der Waals surface area contributed by atoms with Gasteiger partial charge in [0.25, 0.3) is 5.91 Å². The second-order valence-corrected chi connectivity index (χ2v) is 6.57. The molecule has 0 spiro atoms. The Morgan fingerprint density at radius 3 is 2.91 bits per heavy atom. The Kier molecular flexibility index (Phi) is 4.70. The fraction of sp³-hybridized carbons (Fsp3) is 0.375. The average molecular weight is 317 g/mol. The number of nitrogens with one attached hydrogen (secondary N) is 1. The smallest absolute Gasteiger partial charge is 0.270 e. The van der Waals surface area contributed by atoms with E-state index in [1.54, 1.807) is 17.5 Å². The molecule has 1 aliphatic heterocycles. The van der Waals surface area contributed by atoms with Gasteiger partial charge in [-0.15, -0.1) is 11.3 Å². The molecule has 3 rings (SSSR count). The van der Waals surface area contributed by atoms with Gasteiger partial charge in [0, 0.05) is 34.7 Å². The minimum atomic E-state index is -0.138. The minimum absolute atomic E-state index is 0.138. The van der Waals surface area contributed by atoms with Crippen LogP contribution in [0.15, 0.2) is 30.5 Å². The van der Waals surface area contributed by atoms with Gasteiger partial charge >= 0.3 is 0 Å². The van der Waals surface area contributed by atoms with Crippen LogP contribution in [0.4, 0.5) is 5.69 Å². The fourth-order valence-electron chi connectivity index (χ4n) is 2.40. The maximum Gasteiger partial charge on any atom is 0.270 e. The summed E-state index contributed by atoms with van der Waals surface area (Å²) in [6.45, 7) is 5.74. The zero-order chi connectivity index (χ0) is 15.4. The zero-order valence-electron chi connectivity index (χ0n) is 12.5. The van der Waals surface area contributed by atoms with Crippen molar-refractivity contribution in [2.45, 2.75) is 13.5 Å². The highest BCUT2D eigenvalue weighted by molar-refractivity contribution is 7.11. The first-order valence-electron chi connectivity index (χ1n) is 7.34. The van der Waals surface area contributed by atoms with E-state index in [4.69, 9.17) is 4.74 Å². The lowest BCUT2D eigenvalue weighted by Gasteiger charge is -2.28. The van der Waals surface area contributed by atoms with E-state index in [9.17, 15) is 4.79 Å². The number of aromatic nitrogens is 1. The number of ether oxygens (including phenoxy) is 1. The summed E-state index contributed by atoms with van der Waals surface area (Å²) in [4.78, 5) is 21.0. The van der Waals surface area contributed by atoms with Crippen molar-refractivity contribution in [3.63, 3.8) is 0 Å². The Labute approximate surface area is 133 Å². The largest absolute Gasteiger partial charge is 0.378 e. The van der Waals surface area contributed by atoms with Crippen molar-refractivity contribution in [2.24, 2.45) is 0 Å². The lowest BCUT2D eigenvalue weighted by atomic mass is 10.2. The Hall–Kier alpha value is -1.92. The molecule has 0 unspecified atom stereocenters. The summed E-state index contributed by atoms with van der Waals surface area (Å²) in [6, 6.07) is 7.88. The van der Waals surface area contributed by atoms with Gasteiger partial charge < -0.3 is 15.0 Å². The molecule has 2 aromatic rings. The van der Waals surface area contributed by atoms with E-state index in [0.29, 0.717) is 12.2 Å². The molecule has 0 radical (unpaired) electrons. The lowest BCUT2D eigenvalue weighted by Crippen LogP contribution is -2.36. The molecule has 0 atom stereocenters. The van der Waals surface area contributed by atoms with Crippen LogP contribution in [-0.4, -0.2) is 37.2 Å². The van der Waals surface area contributed by atoms with Crippen molar-refractivity contribution in [1.29, 1.82) is 0 Å². The average Bonchev–Trinajstić information content (AvgIpc) is 2.99. The van der Waals surface area contributed by atoms with E-state index < -0.39 is 0 Å². The van der Waals surface area contributed by atoms with Crippen LogP contribution in [0.25, 0.3) is 0 Å². The van der Waals surface area contributed by atoms with Crippen molar-refractivity contribution in [2.75, 3.05) is 31.2 Å². The number of hydrogen-bond donors (Lipinski definition) is 1. The molecule has 0 aliphatic carbocycles. The van der Waals surface area contributed by atoms with Crippen molar-refractivity contribution in [1.82, 2.24) is 10.3 Å². The third-order valence-electron chi connectivity index (χ3n) is 3.57. The number of aryl methyl sites for hydroxylation is 1. The Morgan fingerprint density at radius 1 is 1.36 bits per heavy atom. The summed E-state index contributed by atoms with van der Waals surface area (Å²) in [5.41, 5.74) is 1.48. The lowest BCUT2D eigenvalue weighted by molar-refractivity contribution is 0.0946. The summed E-state index contributed by atoms with van der Waals surface area (Å²) in [5.74, 6) is -0.138. The molecule has 3 heterocycles. The number of anilines is 1. The first-order valence-corrected chi connectivity index (χ1v) is 8.16. The highest BCUT2D eigenvalue weighted by Gasteiger charge is 2.14. The van der Waals surface area contributed by atoms with Crippen LogP contribution >= 0.6 is 11.3 Å². The van der Waals surface area contributed by atoms with Crippen LogP contribution in [0.2, 0.25) is 0 Å². The predicted molar refractivity (Wildman–Crippen MR) is 87.5 cm³/mol. The van der Waals surface area contributed by atoms with Gasteiger partial charge in [-0.1, -0.05) is 0 Å². The molecule has 1 fully saturated rings. The molecule has 6 heteroatoms. The normalized spacial score (nSPS) is 14.9. The van der Waals surface area contributed by atoms with Crippen LogP contribution in [0.1, 0.15) is 20.2 Å². The molecule has 0 bridgehead atoms. The molecule has 116 valence electrons. The highest BCUT2D eigenvalue weighted by atomic mass is 32.1. The summed E-state index contributed by atoms with van der Waals surface area (Å²) in [7, 11) is 0. The van der Waals surface area contributed by atoms with Crippen molar-refractivity contribution in [3.8, 4) is 0 Å². The molecule has 1 amide bonds. The van der Waals surface area contributed by atoms with E-state index in [1.807, 2.05) is 18.2 Å². The molecule has 0 saturated carbocycles. The van der Waals surface area contributed by atoms with E-state index in [2.05, 4.69) is 28.2 Å².